The van der Waals surface area contributed by atoms with Crippen molar-refractivity contribution >= 4 is 5.57 Å². The number of hydrogen-bond donors (Lipinski definition) is 0. The van der Waals surface area contributed by atoms with Gasteiger partial charge in [0.1, 0.15) is 0 Å². The molecule has 0 amide bonds. The minimum absolute atomic E-state index is 0.431. The summed E-state index contributed by atoms with van der Waals surface area (Å²) in [4.78, 5) is 0. The lowest BCUT2D eigenvalue weighted by Crippen LogP contribution is -2.21. The zero-order chi connectivity index (χ0) is 28.4. The maximum absolute atomic E-state index is 15.1. The van der Waals surface area contributed by atoms with E-state index in [1.807, 2.05) is 12.1 Å². The molecule has 40 heavy (non-hydrogen) atoms. The molecule has 0 aliphatic heterocycles. The molecule has 3 rings (SSSR count). The van der Waals surface area contributed by atoms with E-state index in [1.165, 1.54) is 122 Å². The van der Waals surface area contributed by atoms with Gasteiger partial charge in [0.05, 0.1) is 0 Å². The highest BCUT2D eigenvalue weighted by Gasteiger charge is 2.27. The van der Waals surface area contributed by atoms with Gasteiger partial charge in [0.15, 0.2) is 11.6 Å². The van der Waals surface area contributed by atoms with Crippen LogP contribution in [-0.4, -0.2) is 0 Å². The summed E-state index contributed by atoms with van der Waals surface area (Å²) < 4.78 is 30.0. The monoisotopic (exact) mass is 554 g/mol. The second-order valence-corrected chi connectivity index (χ2v) is 13.1. The molecule has 1 unspecified atom stereocenters. The molecule has 0 spiro atoms. The Hall–Kier alpha value is -1.44. The van der Waals surface area contributed by atoms with E-state index in [4.69, 9.17) is 0 Å². The predicted molar refractivity (Wildman–Crippen MR) is 171 cm³/mol. The topological polar surface area (TPSA) is 0 Å². The van der Waals surface area contributed by atoms with Crippen molar-refractivity contribution in [2.75, 3.05) is 0 Å². The third-order valence-corrected chi connectivity index (χ3v) is 9.87. The van der Waals surface area contributed by atoms with Gasteiger partial charge in [-0.1, -0.05) is 160 Å². The van der Waals surface area contributed by atoms with Gasteiger partial charge < -0.3 is 0 Å². The minimum Gasteiger partial charge on any atom is -0.203 e. The molecule has 0 radical (unpaired) electrons. The quantitative estimate of drug-likeness (QED) is 0.141. The van der Waals surface area contributed by atoms with Crippen molar-refractivity contribution < 1.29 is 8.78 Å². The van der Waals surface area contributed by atoms with Gasteiger partial charge in [-0.25, -0.2) is 8.78 Å². The van der Waals surface area contributed by atoms with Crippen molar-refractivity contribution in [2.24, 2.45) is 17.8 Å². The first-order valence-corrected chi connectivity index (χ1v) is 17.5. The fraction of sp³-hybridized carbons (Fsp3) is 0.737. The van der Waals surface area contributed by atoms with Gasteiger partial charge in [-0.15, -0.1) is 0 Å². The molecule has 2 aliphatic rings. The molecule has 1 aromatic carbocycles. The third kappa shape index (κ3) is 11.4. The Morgan fingerprint density at radius 2 is 1.23 bits per heavy atom. The Bertz CT molecular complexity index is 874. The number of rotatable bonds is 20. The van der Waals surface area contributed by atoms with Crippen LogP contribution in [0.4, 0.5) is 8.78 Å². The van der Waals surface area contributed by atoms with Crippen LogP contribution in [0.15, 0.2) is 30.4 Å². The Labute approximate surface area is 246 Å². The minimum atomic E-state index is -0.659. The first-order chi connectivity index (χ1) is 19.6. The van der Waals surface area contributed by atoms with Crippen LogP contribution in [0.1, 0.15) is 166 Å². The van der Waals surface area contributed by atoms with Crippen molar-refractivity contribution in [3.63, 3.8) is 0 Å². The zero-order valence-electron chi connectivity index (χ0n) is 26.1. The number of hydrogen-bond acceptors (Lipinski definition) is 0. The molecule has 2 aliphatic carbocycles. The van der Waals surface area contributed by atoms with E-state index in [-0.39, 0.29) is 0 Å². The van der Waals surface area contributed by atoms with Gasteiger partial charge in [-0.2, -0.15) is 0 Å². The number of benzene rings is 1. The summed E-state index contributed by atoms with van der Waals surface area (Å²) in [5.41, 5.74) is 1.82. The lowest BCUT2D eigenvalue weighted by atomic mass is 9.72. The fourth-order valence-electron chi connectivity index (χ4n) is 7.11. The van der Waals surface area contributed by atoms with E-state index in [0.29, 0.717) is 23.5 Å². The van der Waals surface area contributed by atoms with Crippen molar-refractivity contribution in [3.8, 4) is 0 Å². The number of aryl methyl sites for hydroxylation is 1. The summed E-state index contributed by atoms with van der Waals surface area (Å²) in [6, 6.07) is 3.63. The highest BCUT2D eigenvalue weighted by Crippen LogP contribution is 2.40. The summed E-state index contributed by atoms with van der Waals surface area (Å²) in [6.45, 7) is 4.52. The van der Waals surface area contributed by atoms with Gasteiger partial charge in [-0.05, 0) is 61.0 Å². The van der Waals surface area contributed by atoms with Crippen molar-refractivity contribution in [1.82, 2.24) is 0 Å². The van der Waals surface area contributed by atoms with Crippen LogP contribution in [0.3, 0.4) is 0 Å². The van der Waals surface area contributed by atoms with Gasteiger partial charge >= 0.3 is 0 Å². The van der Waals surface area contributed by atoms with Crippen LogP contribution < -0.4 is 0 Å². The first kappa shape index (κ1) is 33.1. The summed E-state index contributed by atoms with van der Waals surface area (Å²) in [6.07, 6.45) is 35.9. The molecule has 0 bridgehead atoms. The number of allylic oxidation sites excluding steroid dienone is 4. The fourth-order valence-corrected chi connectivity index (χ4v) is 7.11. The molecule has 0 nitrogen and oxygen atoms in total. The van der Waals surface area contributed by atoms with Gasteiger partial charge in [0, 0.05) is 5.56 Å². The number of halogens is 2. The molecule has 226 valence electrons. The molecular formula is C38H60F2. The summed E-state index contributed by atoms with van der Waals surface area (Å²) in [7, 11) is 0. The van der Waals surface area contributed by atoms with Crippen molar-refractivity contribution in [2.45, 2.75) is 162 Å². The van der Waals surface area contributed by atoms with Crippen LogP contribution >= 0.6 is 0 Å². The van der Waals surface area contributed by atoms with Gasteiger partial charge in [0.25, 0.3) is 0 Å². The van der Waals surface area contributed by atoms with Crippen LogP contribution in [0.5, 0.6) is 0 Å². The van der Waals surface area contributed by atoms with E-state index >= 15 is 4.39 Å². The number of unbranched alkanes of at least 4 members (excludes halogenated alkanes) is 14. The van der Waals surface area contributed by atoms with Crippen molar-refractivity contribution in [3.05, 3.63) is 53.1 Å². The first-order valence-electron chi connectivity index (χ1n) is 17.5. The zero-order valence-corrected chi connectivity index (χ0v) is 26.1. The highest BCUT2D eigenvalue weighted by molar-refractivity contribution is 5.75. The van der Waals surface area contributed by atoms with Gasteiger partial charge in [0.2, 0.25) is 0 Å². The maximum atomic E-state index is 15.1. The molecule has 0 saturated heterocycles. The molecule has 1 saturated carbocycles. The lowest BCUT2D eigenvalue weighted by molar-refractivity contribution is 0.218. The van der Waals surface area contributed by atoms with Crippen molar-refractivity contribution in [1.29, 1.82) is 0 Å². The molecule has 1 aromatic rings. The SMILES string of the molecule is CCCCCCCCCCc1ccc(C2=CCC([C@H]3CC[C@H](CCCCCCCCCC)CC3)C=C2)c(F)c1F. The predicted octanol–water partition coefficient (Wildman–Crippen LogP) is 12.9. The molecular weight excluding hydrogens is 494 g/mol. The molecule has 2 heteroatoms. The van der Waals surface area contributed by atoms with Crippen LogP contribution in [0, 0.1) is 29.4 Å². The molecule has 0 heterocycles. The van der Waals surface area contributed by atoms with E-state index in [1.54, 1.807) is 0 Å². The maximum Gasteiger partial charge on any atom is 0.166 e. The average Bonchev–Trinajstić information content (AvgIpc) is 2.98. The summed E-state index contributed by atoms with van der Waals surface area (Å²) in [5, 5.41) is 0. The van der Waals surface area contributed by atoms with E-state index in [9.17, 15) is 4.39 Å². The summed E-state index contributed by atoms with van der Waals surface area (Å²) >= 11 is 0. The van der Waals surface area contributed by atoms with E-state index in [2.05, 4.69) is 32.1 Å². The standard InChI is InChI=1S/C38H60F2/c1-3-5-7-9-11-13-15-17-19-31-21-23-32(24-22-31)33-25-27-34(28-26-33)36-30-29-35(37(39)38(36)40)20-18-16-14-12-10-8-6-4-2/h25,27-33H,3-24,26H2,1-2H3/t31-,32-,33?. The van der Waals surface area contributed by atoms with Crippen LogP contribution in [-0.2, 0) is 6.42 Å². The lowest BCUT2D eigenvalue weighted by Gasteiger charge is -2.33. The Morgan fingerprint density at radius 3 is 1.80 bits per heavy atom. The third-order valence-electron chi connectivity index (χ3n) is 9.87. The molecule has 1 atom stereocenters. The Kier molecular flexibility index (Phi) is 16.2. The smallest absolute Gasteiger partial charge is 0.166 e. The average molecular weight is 555 g/mol. The highest BCUT2D eigenvalue weighted by atomic mass is 19.2. The molecule has 1 fully saturated rings. The van der Waals surface area contributed by atoms with Crippen LogP contribution in [0.25, 0.3) is 5.57 Å². The molecule has 0 N–H and O–H groups in total. The van der Waals surface area contributed by atoms with E-state index < -0.39 is 11.6 Å². The molecule has 0 aromatic heterocycles. The van der Waals surface area contributed by atoms with Crippen LogP contribution in [0.2, 0.25) is 0 Å². The second-order valence-electron chi connectivity index (χ2n) is 13.1. The normalized spacial score (nSPS) is 21.1. The largest absolute Gasteiger partial charge is 0.203 e. The Balaban J connectivity index is 1.34. The second kappa shape index (κ2) is 19.6. The Morgan fingerprint density at radius 1 is 0.650 bits per heavy atom. The van der Waals surface area contributed by atoms with E-state index in [0.717, 1.165) is 36.7 Å². The summed E-state index contributed by atoms with van der Waals surface area (Å²) in [5.74, 6) is 0.942. The van der Waals surface area contributed by atoms with Gasteiger partial charge in [-0.3, -0.25) is 0 Å².